The maximum Gasteiger partial charge on any atom is 0.273 e. The summed E-state index contributed by atoms with van der Waals surface area (Å²) in [5, 5.41) is 10.7. The van der Waals surface area contributed by atoms with E-state index in [2.05, 4.69) is 0 Å². The quantitative estimate of drug-likeness (QED) is 0.917. The Morgan fingerprint density at radius 2 is 2.20 bits per heavy atom. The SMILES string of the molecule is N#Cc1ccc2c(c1)N(S(=O)(=O)c1cccs1)C[C@H]2N. The van der Waals surface area contributed by atoms with Gasteiger partial charge in [-0.25, -0.2) is 8.42 Å². The predicted octanol–water partition coefficient (Wildman–Crippen LogP) is 1.83. The fraction of sp³-hybridized carbons (Fsp3) is 0.154. The minimum absolute atomic E-state index is 0.199. The minimum Gasteiger partial charge on any atom is -0.322 e. The first-order valence-electron chi connectivity index (χ1n) is 5.90. The fourth-order valence-corrected chi connectivity index (χ4v) is 4.88. The molecule has 0 spiro atoms. The summed E-state index contributed by atoms with van der Waals surface area (Å²) in [6, 6.07) is 9.87. The van der Waals surface area contributed by atoms with Gasteiger partial charge in [-0.05, 0) is 29.1 Å². The Kier molecular flexibility index (Phi) is 3.01. The molecule has 0 saturated heterocycles. The van der Waals surface area contributed by atoms with E-state index in [0.717, 1.165) is 5.56 Å². The molecule has 5 nitrogen and oxygen atoms in total. The molecule has 1 aromatic carbocycles. The molecule has 0 aliphatic carbocycles. The zero-order valence-corrected chi connectivity index (χ0v) is 12.0. The van der Waals surface area contributed by atoms with Crippen molar-refractivity contribution in [2.75, 3.05) is 10.8 Å². The summed E-state index contributed by atoms with van der Waals surface area (Å²) in [4.78, 5) is 0. The molecule has 1 aliphatic rings. The number of hydrogen-bond acceptors (Lipinski definition) is 5. The number of nitrogens with zero attached hydrogens (tertiary/aromatic N) is 2. The van der Waals surface area contributed by atoms with Crippen molar-refractivity contribution in [1.82, 2.24) is 0 Å². The van der Waals surface area contributed by atoms with Crippen molar-refractivity contribution in [3.63, 3.8) is 0 Å². The number of benzene rings is 1. The average molecular weight is 305 g/mol. The second-order valence-electron chi connectivity index (χ2n) is 4.46. The lowest BCUT2D eigenvalue weighted by molar-refractivity contribution is 0.592. The molecule has 0 amide bonds. The standard InChI is InChI=1S/C13H11N3O2S2/c14-7-9-3-4-10-11(15)8-16(12(10)6-9)20(17,18)13-2-1-5-19-13/h1-6,11H,8,15H2/t11-/m1/s1. The van der Waals surface area contributed by atoms with Crippen molar-refractivity contribution < 1.29 is 8.42 Å². The third kappa shape index (κ3) is 1.89. The molecule has 7 heteroatoms. The van der Waals surface area contributed by atoms with Gasteiger partial charge in [-0.15, -0.1) is 11.3 Å². The normalized spacial score (nSPS) is 17.8. The molecule has 2 aromatic rings. The second kappa shape index (κ2) is 4.59. The van der Waals surface area contributed by atoms with E-state index in [9.17, 15) is 8.42 Å². The van der Waals surface area contributed by atoms with Crippen LogP contribution in [0.15, 0.2) is 39.9 Å². The zero-order valence-electron chi connectivity index (χ0n) is 10.4. The van der Waals surface area contributed by atoms with Gasteiger partial charge in [0.1, 0.15) is 4.21 Å². The van der Waals surface area contributed by atoms with E-state index < -0.39 is 10.0 Å². The van der Waals surface area contributed by atoms with Crippen LogP contribution in [-0.4, -0.2) is 15.0 Å². The van der Waals surface area contributed by atoms with Crippen molar-refractivity contribution in [2.45, 2.75) is 10.3 Å². The molecule has 102 valence electrons. The fourth-order valence-electron chi connectivity index (χ4n) is 2.26. The lowest BCUT2D eigenvalue weighted by Crippen LogP contribution is -2.30. The van der Waals surface area contributed by atoms with Gasteiger partial charge in [0.25, 0.3) is 10.0 Å². The largest absolute Gasteiger partial charge is 0.322 e. The van der Waals surface area contributed by atoms with E-state index >= 15 is 0 Å². The molecular weight excluding hydrogens is 294 g/mol. The van der Waals surface area contributed by atoms with Crippen LogP contribution in [0.25, 0.3) is 0 Å². The Bertz CT molecular complexity index is 792. The summed E-state index contributed by atoms with van der Waals surface area (Å²) in [6.45, 7) is 0.199. The number of rotatable bonds is 2. The molecule has 0 unspecified atom stereocenters. The zero-order chi connectivity index (χ0) is 14.3. The Hall–Kier alpha value is -1.88. The summed E-state index contributed by atoms with van der Waals surface area (Å²) in [6.07, 6.45) is 0. The molecule has 1 aliphatic heterocycles. The second-order valence-corrected chi connectivity index (χ2v) is 7.50. The molecule has 0 bridgehead atoms. The number of nitrogens with two attached hydrogens (primary N) is 1. The third-order valence-electron chi connectivity index (χ3n) is 3.23. The highest BCUT2D eigenvalue weighted by Gasteiger charge is 2.35. The van der Waals surface area contributed by atoms with Crippen molar-refractivity contribution in [3.8, 4) is 6.07 Å². The average Bonchev–Trinajstić information content (AvgIpc) is 3.07. The van der Waals surface area contributed by atoms with Gasteiger partial charge in [-0.2, -0.15) is 5.26 Å². The van der Waals surface area contributed by atoms with Gasteiger partial charge in [0, 0.05) is 0 Å². The van der Waals surface area contributed by atoms with Gasteiger partial charge in [0.05, 0.1) is 29.9 Å². The highest BCUT2D eigenvalue weighted by molar-refractivity contribution is 7.94. The van der Waals surface area contributed by atoms with Crippen molar-refractivity contribution in [1.29, 1.82) is 5.26 Å². The lowest BCUT2D eigenvalue weighted by Gasteiger charge is -2.18. The number of nitriles is 1. The Morgan fingerprint density at radius 3 is 2.85 bits per heavy atom. The van der Waals surface area contributed by atoms with Gasteiger partial charge < -0.3 is 5.73 Å². The summed E-state index contributed by atoms with van der Waals surface area (Å²) in [5.74, 6) is 0. The summed E-state index contributed by atoms with van der Waals surface area (Å²) >= 11 is 1.17. The highest BCUT2D eigenvalue weighted by atomic mass is 32.2. The van der Waals surface area contributed by atoms with Crippen LogP contribution in [0.5, 0.6) is 0 Å². The van der Waals surface area contributed by atoms with Crippen LogP contribution in [0, 0.1) is 11.3 Å². The van der Waals surface area contributed by atoms with Crippen LogP contribution in [0.4, 0.5) is 5.69 Å². The molecule has 0 saturated carbocycles. The number of fused-ring (bicyclic) bond motifs is 1. The Labute approximate surface area is 120 Å². The molecule has 20 heavy (non-hydrogen) atoms. The van der Waals surface area contributed by atoms with Gasteiger partial charge >= 0.3 is 0 Å². The number of thiophene rings is 1. The van der Waals surface area contributed by atoms with Crippen LogP contribution >= 0.6 is 11.3 Å². The topological polar surface area (TPSA) is 87.2 Å². The molecule has 1 aromatic heterocycles. The lowest BCUT2D eigenvalue weighted by atomic mass is 10.1. The monoisotopic (exact) mass is 305 g/mol. The maximum atomic E-state index is 12.6. The maximum absolute atomic E-state index is 12.6. The Balaban J connectivity index is 2.14. The smallest absolute Gasteiger partial charge is 0.273 e. The highest BCUT2D eigenvalue weighted by Crippen LogP contribution is 2.38. The van der Waals surface area contributed by atoms with E-state index in [0.29, 0.717) is 11.3 Å². The summed E-state index contributed by atoms with van der Waals surface area (Å²) < 4.78 is 26.8. The molecule has 0 fully saturated rings. The van der Waals surface area contributed by atoms with Crippen LogP contribution < -0.4 is 10.0 Å². The number of sulfonamides is 1. The first kappa shape index (κ1) is 13.1. The minimum atomic E-state index is -3.60. The van der Waals surface area contributed by atoms with Crippen molar-refractivity contribution in [2.24, 2.45) is 5.73 Å². The summed E-state index contributed by atoms with van der Waals surface area (Å²) in [7, 11) is -3.60. The predicted molar refractivity (Wildman–Crippen MR) is 76.9 cm³/mol. The Morgan fingerprint density at radius 1 is 1.40 bits per heavy atom. The van der Waals surface area contributed by atoms with Crippen LogP contribution in [0.1, 0.15) is 17.2 Å². The third-order valence-corrected chi connectivity index (χ3v) is 6.38. The molecule has 2 heterocycles. The van der Waals surface area contributed by atoms with Gasteiger partial charge in [-0.1, -0.05) is 12.1 Å². The van der Waals surface area contributed by atoms with E-state index in [1.807, 2.05) is 6.07 Å². The van der Waals surface area contributed by atoms with E-state index in [1.54, 1.807) is 35.7 Å². The molecular formula is C13H11N3O2S2. The van der Waals surface area contributed by atoms with Gasteiger partial charge in [0.15, 0.2) is 0 Å². The van der Waals surface area contributed by atoms with E-state index in [1.165, 1.54) is 15.6 Å². The van der Waals surface area contributed by atoms with Gasteiger partial charge in [0.2, 0.25) is 0 Å². The van der Waals surface area contributed by atoms with Gasteiger partial charge in [-0.3, -0.25) is 4.31 Å². The van der Waals surface area contributed by atoms with E-state index in [4.69, 9.17) is 11.0 Å². The molecule has 2 N–H and O–H groups in total. The number of hydrogen-bond donors (Lipinski definition) is 1. The first-order chi connectivity index (χ1) is 9.54. The number of anilines is 1. The molecule has 3 rings (SSSR count). The van der Waals surface area contributed by atoms with Crippen molar-refractivity contribution >= 4 is 27.0 Å². The van der Waals surface area contributed by atoms with Crippen LogP contribution in [0.2, 0.25) is 0 Å². The van der Waals surface area contributed by atoms with Crippen LogP contribution in [-0.2, 0) is 10.0 Å². The first-order valence-corrected chi connectivity index (χ1v) is 8.22. The molecule has 0 radical (unpaired) electrons. The molecule has 1 atom stereocenters. The van der Waals surface area contributed by atoms with E-state index in [-0.39, 0.29) is 16.8 Å². The van der Waals surface area contributed by atoms with Crippen molar-refractivity contribution in [3.05, 3.63) is 46.8 Å². The summed E-state index contributed by atoms with van der Waals surface area (Å²) in [5.41, 5.74) is 7.67. The van der Waals surface area contributed by atoms with Crippen LogP contribution in [0.3, 0.4) is 0 Å².